The molecular formula is C17H17ClN2. The van der Waals surface area contributed by atoms with Crippen molar-refractivity contribution in [3.63, 3.8) is 0 Å². The van der Waals surface area contributed by atoms with Crippen molar-refractivity contribution >= 4 is 35.7 Å². The molecule has 0 saturated carbocycles. The smallest absolute Gasteiger partial charge is 0.113 e. The standard InChI is InChI=1S/C17H16N2.ClH/c1-2-17-18-16-11-7-6-8-14(16)12-13-19(17)15-9-4-3-5-10-15;/h3-13H,2H2,1H3;1H. The van der Waals surface area contributed by atoms with E-state index in [2.05, 4.69) is 60.5 Å². The Hall–Kier alpha value is -2.06. The molecule has 2 aromatic rings. The average Bonchev–Trinajstić information content (AvgIpc) is 2.67. The van der Waals surface area contributed by atoms with Crippen molar-refractivity contribution in [1.82, 2.24) is 0 Å². The van der Waals surface area contributed by atoms with Crippen LogP contribution in [0.25, 0.3) is 6.08 Å². The maximum atomic E-state index is 4.80. The fourth-order valence-corrected chi connectivity index (χ4v) is 2.24. The second kappa shape index (κ2) is 6.40. The third kappa shape index (κ3) is 2.75. The van der Waals surface area contributed by atoms with Gasteiger partial charge in [-0.2, -0.15) is 0 Å². The van der Waals surface area contributed by atoms with E-state index in [4.69, 9.17) is 4.99 Å². The van der Waals surface area contributed by atoms with Crippen LogP contribution in [0.15, 0.2) is 65.8 Å². The summed E-state index contributed by atoms with van der Waals surface area (Å²) in [5.74, 6) is 1.06. The molecular weight excluding hydrogens is 268 g/mol. The predicted molar refractivity (Wildman–Crippen MR) is 89.0 cm³/mol. The van der Waals surface area contributed by atoms with Gasteiger partial charge in [-0.15, -0.1) is 12.4 Å². The van der Waals surface area contributed by atoms with Gasteiger partial charge in [0.25, 0.3) is 0 Å². The molecule has 0 saturated heterocycles. The number of fused-ring (bicyclic) bond motifs is 1. The second-order valence-electron chi connectivity index (χ2n) is 4.46. The lowest BCUT2D eigenvalue weighted by Crippen LogP contribution is -2.23. The van der Waals surface area contributed by atoms with Gasteiger partial charge in [-0.05, 0) is 24.3 Å². The average molecular weight is 285 g/mol. The highest BCUT2D eigenvalue weighted by Crippen LogP contribution is 2.27. The number of benzene rings is 2. The molecule has 0 bridgehead atoms. The van der Waals surface area contributed by atoms with Crippen LogP contribution in [0.5, 0.6) is 0 Å². The zero-order valence-corrected chi connectivity index (χ0v) is 12.2. The van der Waals surface area contributed by atoms with Crippen molar-refractivity contribution in [3.05, 3.63) is 66.4 Å². The van der Waals surface area contributed by atoms with Crippen LogP contribution in [0.2, 0.25) is 0 Å². The minimum absolute atomic E-state index is 0. The zero-order valence-electron chi connectivity index (χ0n) is 11.4. The van der Waals surface area contributed by atoms with Gasteiger partial charge < -0.3 is 4.90 Å². The number of hydrogen-bond acceptors (Lipinski definition) is 2. The molecule has 3 heteroatoms. The molecule has 1 aliphatic heterocycles. The second-order valence-corrected chi connectivity index (χ2v) is 4.46. The summed E-state index contributed by atoms with van der Waals surface area (Å²) in [6.07, 6.45) is 5.12. The predicted octanol–water partition coefficient (Wildman–Crippen LogP) is 5.04. The lowest BCUT2D eigenvalue weighted by molar-refractivity contribution is 1.19. The van der Waals surface area contributed by atoms with Gasteiger partial charge >= 0.3 is 0 Å². The Morgan fingerprint density at radius 3 is 2.40 bits per heavy atom. The molecule has 0 spiro atoms. The molecule has 1 heterocycles. The van der Waals surface area contributed by atoms with Crippen molar-refractivity contribution in [2.45, 2.75) is 13.3 Å². The fraction of sp³-hybridized carbons (Fsp3) is 0.118. The van der Waals surface area contributed by atoms with E-state index in [1.54, 1.807) is 0 Å². The summed E-state index contributed by atoms with van der Waals surface area (Å²) in [6, 6.07) is 18.6. The van der Waals surface area contributed by atoms with E-state index in [0.717, 1.165) is 29.2 Å². The number of halogens is 1. The normalized spacial score (nSPS) is 13.1. The number of amidine groups is 1. The summed E-state index contributed by atoms with van der Waals surface area (Å²) >= 11 is 0. The van der Waals surface area contributed by atoms with Gasteiger partial charge in [0, 0.05) is 23.9 Å². The Morgan fingerprint density at radius 2 is 1.65 bits per heavy atom. The zero-order chi connectivity index (χ0) is 13.1. The van der Waals surface area contributed by atoms with Crippen LogP contribution >= 0.6 is 12.4 Å². The van der Waals surface area contributed by atoms with Gasteiger partial charge in [0.1, 0.15) is 5.84 Å². The van der Waals surface area contributed by atoms with Crippen molar-refractivity contribution in [2.24, 2.45) is 4.99 Å². The van der Waals surface area contributed by atoms with Gasteiger partial charge in [-0.1, -0.05) is 43.3 Å². The summed E-state index contributed by atoms with van der Waals surface area (Å²) in [7, 11) is 0. The van der Waals surface area contributed by atoms with Crippen LogP contribution in [-0.4, -0.2) is 5.84 Å². The number of para-hydroxylation sites is 2. The quantitative estimate of drug-likeness (QED) is 0.754. The first-order chi connectivity index (χ1) is 9.38. The van der Waals surface area contributed by atoms with E-state index in [-0.39, 0.29) is 12.4 Å². The maximum absolute atomic E-state index is 4.80. The Morgan fingerprint density at radius 1 is 0.950 bits per heavy atom. The molecule has 2 aromatic carbocycles. The number of nitrogens with zero attached hydrogens (tertiary/aromatic N) is 2. The Bertz CT molecular complexity index is 632. The van der Waals surface area contributed by atoms with E-state index in [9.17, 15) is 0 Å². The van der Waals surface area contributed by atoms with E-state index in [1.807, 2.05) is 18.2 Å². The lowest BCUT2D eigenvalue weighted by atomic mass is 10.2. The number of anilines is 1. The molecule has 0 amide bonds. The minimum atomic E-state index is 0. The van der Waals surface area contributed by atoms with Gasteiger partial charge in [-0.25, -0.2) is 4.99 Å². The Labute approximate surface area is 125 Å². The summed E-state index contributed by atoms with van der Waals surface area (Å²) in [6.45, 7) is 2.14. The van der Waals surface area contributed by atoms with Crippen molar-refractivity contribution in [1.29, 1.82) is 0 Å². The van der Waals surface area contributed by atoms with Crippen LogP contribution in [0, 0.1) is 0 Å². The first-order valence-electron chi connectivity index (χ1n) is 6.57. The molecule has 20 heavy (non-hydrogen) atoms. The molecule has 0 atom stereocenters. The summed E-state index contributed by atoms with van der Waals surface area (Å²) in [5.41, 5.74) is 3.34. The van der Waals surface area contributed by atoms with E-state index in [0.29, 0.717) is 0 Å². The first-order valence-corrected chi connectivity index (χ1v) is 6.57. The molecule has 0 aromatic heterocycles. The minimum Gasteiger partial charge on any atom is -0.305 e. The molecule has 1 aliphatic rings. The Balaban J connectivity index is 0.00000147. The van der Waals surface area contributed by atoms with E-state index in [1.165, 1.54) is 0 Å². The van der Waals surface area contributed by atoms with Crippen LogP contribution < -0.4 is 4.90 Å². The van der Waals surface area contributed by atoms with Crippen LogP contribution in [0.3, 0.4) is 0 Å². The van der Waals surface area contributed by atoms with Crippen LogP contribution in [0.4, 0.5) is 11.4 Å². The molecule has 0 fully saturated rings. The molecule has 0 N–H and O–H groups in total. The molecule has 2 nitrogen and oxygen atoms in total. The first kappa shape index (κ1) is 14.4. The van der Waals surface area contributed by atoms with E-state index < -0.39 is 0 Å². The van der Waals surface area contributed by atoms with Gasteiger partial charge in [0.2, 0.25) is 0 Å². The number of rotatable bonds is 2. The van der Waals surface area contributed by atoms with Crippen LogP contribution in [-0.2, 0) is 0 Å². The highest BCUT2D eigenvalue weighted by Gasteiger charge is 2.13. The lowest BCUT2D eigenvalue weighted by Gasteiger charge is -2.20. The molecule has 0 radical (unpaired) electrons. The monoisotopic (exact) mass is 284 g/mol. The van der Waals surface area contributed by atoms with Gasteiger partial charge in [0.15, 0.2) is 0 Å². The maximum Gasteiger partial charge on any atom is 0.113 e. The topological polar surface area (TPSA) is 15.6 Å². The summed E-state index contributed by atoms with van der Waals surface area (Å²) in [4.78, 5) is 6.95. The fourth-order valence-electron chi connectivity index (χ4n) is 2.24. The van der Waals surface area contributed by atoms with Gasteiger partial charge in [0.05, 0.1) is 5.69 Å². The third-order valence-electron chi connectivity index (χ3n) is 3.22. The highest BCUT2D eigenvalue weighted by atomic mass is 35.5. The largest absolute Gasteiger partial charge is 0.305 e. The molecule has 0 aliphatic carbocycles. The van der Waals surface area contributed by atoms with E-state index >= 15 is 0 Å². The Kier molecular flexibility index (Phi) is 4.59. The highest BCUT2D eigenvalue weighted by molar-refractivity contribution is 6.02. The van der Waals surface area contributed by atoms with Crippen LogP contribution in [0.1, 0.15) is 18.9 Å². The summed E-state index contributed by atoms with van der Waals surface area (Å²) < 4.78 is 0. The van der Waals surface area contributed by atoms with Gasteiger partial charge in [-0.3, -0.25) is 0 Å². The van der Waals surface area contributed by atoms with Crippen molar-refractivity contribution in [2.75, 3.05) is 4.90 Å². The number of aliphatic imine (C=N–C) groups is 1. The number of hydrogen-bond donors (Lipinski definition) is 0. The molecule has 0 unspecified atom stereocenters. The molecule has 3 rings (SSSR count). The molecule has 102 valence electrons. The van der Waals surface area contributed by atoms with Crippen molar-refractivity contribution < 1.29 is 0 Å². The SMILES string of the molecule is CCC1=Nc2ccccc2C=CN1c1ccccc1.Cl. The summed E-state index contributed by atoms with van der Waals surface area (Å²) in [5, 5.41) is 0. The van der Waals surface area contributed by atoms with Crippen molar-refractivity contribution in [3.8, 4) is 0 Å². The third-order valence-corrected chi connectivity index (χ3v) is 3.22.